The zero-order valence-corrected chi connectivity index (χ0v) is 14.9. The average molecular weight is 429 g/mol. The van der Waals surface area contributed by atoms with Crippen molar-refractivity contribution in [3.8, 4) is 12.3 Å². The van der Waals surface area contributed by atoms with Gasteiger partial charge in [0.1, 0.15) is 0 Å². The van der Waals surface area contributed by atoms with E-state index in [9.17, 15) is 31.7 Å². The monoisotopic (exact) mass is 428 g/mol. The number of rotatable bonds is 7. The molecule has 0 saturated heterocycles. The molecule has 4 nitrogen and oxygen atoms in total. The molecule has 2 N–H and O–H groups in total. The Bertz CT molecular complexity index is 666. The van der Waals surface area contributed by atoms with E-state index in [0.29, 0.717) is 0 Å². The van der Waals surface area contributed by atoms with Crippen LogP contribution in [0.4, 0.5) is 22.0 Å². The van der Waals surface area contributed by atoms with Gasteiger partial charge in [-0.05, 0) is 0 Å². The molecule has 0 bridgehead atoms. The van der Waals surface area contributed by atoms with E-state index in [-0.39, 0.29) is 0 Å². The Labute approximate surface area is 149 Å². The standard InChI is InChI=1S/C13H12Cl2F5O4P/c1-3-6(2)23-5-7(24-25(14,15,21)22)4-8-9(16)11(18)13(20)12(19)10(8)17/h1,6-7,21-22H,4-5H2,2H3. The van der Waals surface area contributed by atoms with E-state index < -0.39 is 65.9 Å². The Morgan fingerprint density at radius 2 is 1.48 bits per heavy atom. The maximum absolute atomic E-state index is 13.7. The average Bonchev–Trinajstić information content (AvgIpc) is 2.50. The molecule has 142 valence electrons. The minimum atomic E-state index is -5.69. The van der Waals surface area contributed by atoms with Crippen LogP contribution in [0.2, 0.25) is 0 Å². The quantitative estimate of drug-likeness (QED) is 0.227. The fourth-order valence-corrected chi connectivity index (χ4v) is 3.03. The molecule has 0 saturated carbocycles. The Hall–Kier alpha value is -0.720. The first kappa shape index (κ1) is 22.3. The third-order valence-corrected chi connectivity index (χ3v) is 3.95. The second-order valence-corrected chi connectivity index (χ2v) is 10.8. The third kappa shape index (κ3) is 6.50. The van der Waals surface area contributed by atoms with Gasteiger partial charge in [-0.1, -0.05) is 0 Å². The van der Waals surface area contributed by atoms with Gasteiger partial charge in [0.2, 0.25) is 0 Å². The summed E-state index contributed by atoms with van der Waals surface area (Å²) >= 11 is 10.3. The molecule has 0 aromatic heterocycles. The Balaban J connectivity index is 3.20. The summed E-state index contributed by atoms with van der Waals surface area (Å²) in [6.07, 6.45) is 1.50. The van der Waals surface area contributed by atoms with E-state index in [2.05, 4.69) is 10.4 Å². The van der Waals surface area contributed by atoms with Crippen LogP contribution in [0.1, 0.15) is 12.5 Å². The summed E-state index contributed by atoms with van der Waals surface area (Å²) in [7, 11) is 0. The van der Waals surface area contributed by atoms with Gasteiger partial charge in [0.15, 0.2) is 0 Å². The van der Waals surface area contributed by atoms with Crippen molar-refractivity contribution in [3.05, 3.63) is 34.6 Å². The number of hydrogen-bond acceptors (Lipinski definition) is 4. The molecule has 25 heavy (non-hydrogen) atoms. The molecule has 0 radical (unpaired) electrons. The molecular weight excluding hydrogens is 417 g/mol. The van der Waals surface area contributed by atoms with Crippen molar-refractivity contribution >= 4 is 28.5 Å². The molecule has 2 unspecified atom stereocenters. The maximum atomic E-state index is 13.7. The number of hydrogen-bond donors (Lipinski definition) is 2. The second kappa shape index (κ2) is 7.89. The Kier molecular flexibility index (Phi) is 7.04. The van der Waals surface area contributed by atoms with Gasteiger partial charge in [0.25, 0.3) is 0 Å². The molecule has 0 aliphatic heterocycles. The van der Waals surface area contributed by atoms with Crippen molar-refractivity contribution in [3.63, 3.8) is 0 Å². The van der Waals surface area contributed by atoms with Gasteiger partial charge in [-0.25, -0.2) is 0 Å². The zero-order chi connectivity index (χ0) is 19.6. The summed E-state index contributed by atoms with van der Waals surface area (Å²) in [5.74, 6) is -14.5. The Morgan fingerprint density at radius 3 is 1.88 bits per heavy atom. The van der Waals surface area contributed by atoms with Crippen molar-refractivity contribution in [2.24, 2.45) is 0 Å². The van der Waals surface area contributed by atoms with Crippen LogP contribution in [0.5, 0.6) is 0 Å². The van der Waals surface area contributed by atoms with E-state index in [1.807, 2.05) is 0 Å². The van der Waals surface area contributed by atoms with Gasteiger partial charge in [-0.3, -0.25) is 0 Å². The van der Waals surface area contributed by atoms with E-state index in [0.717, 1.165) is 0 Å². The van der Waals surface area contributed by atoms with Gasteiger partial charge in [-0.15, -0.1) is 0 Å². The second-order valence-electron chi connectivity index (χ2n) is 4.88. The summed E-state index contributed by atoms with van der Waals surface area (Å²) in [5.41, 5.74) is -1.27. The molecule has 0 aliphatic carbocycles. The first-order valence-electron chi connectivity index (χ1n) is 6.45. The van der Waals surface area contributed by atoms with Crippen molar-refractivity contribution < 1.29 is 41.0 Å². The molecule has 0 amide bonds. The summed E-state index contributed by atoms with van der Waals surface area (Å²) in [6, 6.07) is 0. The molecule has 2 atom stereocenters. The van der Waals surface area contributed by atoms with Crippen molar-refractivity contribution in [1.29, 1.82) is 0 Å². The molecule has 0 heterocycles. The van der Waals surface area contributed by atoms with Crippen molar-refractivity contribution in [2.75, 3.05) is 6.61 Å². The SMILES string of the molecule is C#CC(C)OCC(Cc1c(F)c(F)c(F)c(F)c1F)OP(O)(O)(Cl)Cl. The van der Waals surface area contributed by atoms with Gasteiger partial charge in [-0.2, -0.15) is 0 Å². The Morgan fingerprint density at radius 1 is 1.04 bits per heavy atom. The van der Waals surface area contributed by atoms with Crippen LogP contribution in [-0.4, -0.2) is 28.6 Å². The topological polar surface area (TPSA) is 58.9 Å². The van der Waals surface area contributed by atoms with Crippen LogP contribution in [0, 0.1) is 41.4 Å². The number of ether oxygens (including phenoxy) is 1. The first-order valence-corrected chi connectivity index (χ1v) is 10.3. The summed E-state index contributed by atoms with van der Waals surface area (Å²) in [5, 5.41) is 0. The predicted molar refractivity (Wildman–Crippen MR) is 82.1 cm³/mol. The normalized spacial score (nSPS) is 16.0. The molecule has 12 heteroatoms. The molecule has 0 spiro atoms. The van der Waals surface area contributed by atoms with Gasteiger partial charge >= 0.3 is 149 Å². The van der Waals surface area contributed by atoms with Crippen LogP contribution in [0.25, 0.3) is 0 Å². The molecule has 0 aliphatic rings. The van der Waals surface area contributed by atoms with E-state index >= 15 is 0 Å². The summed E-state index contributed by atoms with van der Waals surface area (Å²) < 4.78 is 76.5. The minimum absolute atomic E-state index is 0.636. The van der Waals surface area contributed by atoms with E-state index in [4.69, 9.17) is 33.6 Å². The molecule has 0 fully saturated rings. The summed E-state index contributed by atoms with van der Waals surface area (Å²) in [6.45, 7) is 0.762. The zero-order valence-electron chi connectivity index (χ0n) is 12.5. The van der Waals surface area contributed by atoms with Crippen LogP contribution in [-0.2, 0) is 15.7 Å². The van der Waals surface area contributed by atoms with Crippen LogP contribution in [0.3, 0.4) is 0 Å². The van der Waals surface area contributed by atoms with Crippen LogP contribution < -0.4 is 0 Å². The molecular formula is C13H12Cl2F5O4P. The fraction of sp³-hybridized carbons (Fsp3) is 0.385. The predicted octanol–water partition coefficient (Wildman–Crippen LogP) is 3.94. The first-order chi connectivity index (χ1) is 11.2. The fourth-order valence-electron chi connectivity index (χ4n) is 1.73. The molecule has 1 aromatic rings. The third-order valence-electron chi connectivity index (χ3n) is 2.82. The number of halogens is 7. The number of terminal acetylenes is 1. The summed E-state index contributed by atoms with van der Waals surface area (Å²) in [4.78, 5) is 18.7. The van der Waals surface area contributed by atoms with Gasteiger partial charge < -0.3 is 0 Å². The van der Waals surface area contributed by atoms with Crippen molar-refractivity contribution in [2.45, 2.75) is 25.6 Å². The van der Waals surface area contributed by atoms with Crippen LogP contribution >= 0.6 is 28.5 Å². The molecule has 1 rings (SSSR count). The van der Waals surface area contributed by atoms with E-state index in [1.54, 1.807) is 0 Å². The van der Waals surface area contributed by atoms with E-state index in [1.165, 1.54) is 6.92 Å². The van der Waals surface area contributed by atoms with Crippen LogP contribution in [0.15, 0.2) is 0 Å². The molecule has 1 aromatic carbocycles. The van der Waals surface area contributed by atoms with Gasteiger partial charge in [0.05, 0.1) is 0 Å². The number of benzene rings is 1. The van der Waals surface area contributed by atoms with Gasteiger partial charge in [0, 0.05) is 0 Å². The van der Waals surface area contributed by atoms with Crippen molar-refractivity contribution in [1.82, 2.24) is 0 Å².